The Kier molecular flexibility index (Phi) is 6.43. The molecule has 27 heavy (non-hydrogen) atoms. The Labute approximate surface area is 160 Å². The molecule has 0 aliphatic carbocycles. The highest BCUT2D eigenvalue weighted by Crippen LogP contribution is 2.38. The maximum absolute atomic E-state index is 13.1. The molecule has 0 saturated heterocycles. The van der Waals surface area contributed by atoms with Crippen LogP contribution in [-0.4, -0.2) is 21.6 Å². The van der Waals surface area contributed by atoms with E-state index in [2.05, 4.69) is 6.58 Å². The third-order valence-electron chi connectivity index (χ3n) is 3.56. The number of ether oxygens (including phenoxy) is 1. The highest BCUT2D eigenvalue weighted by atomic mass is 35.5. The smallest absolute Gasteiger partial charge is 0.417 e. The van der Waals surface area contributed by atoms with Gasteiger partial charge in [-0.1, -0.05) is 17.7 Å². The molecular formula is C18H17ClF3NO3S. The van der Waals surface area contributed by atoms with Gasteiger partial charge in [0.1, 0.15) is 5.75 Å². The Morgan fingerprint density at radius 3 is 2.33 bits per heavy atom. The molecule has 2 rings (SSSR count). The van der Waals surface area contributed by atoms with Crippen LogP contribution >= 0.6 is 11.6 Å². The molecule has 2 aromatic carbocycles. The quantitative estimate of drug-likeness (QED) is 0.584. The molecule has 0 spiro atoms. The highest BCUT2D eigenvalue weighted by molar-refractivity contribution is 7.92. The van der Waals surface area contributed by atoms with Crippen LogP contribution < -0.4 is 9.04 Å². The van der Waals surface area contributed by atoms with Crippen LogP contribution in [0.1, 0.15) is 12.5 Å². The van der Waals surface area contributed by atoms with Gasteiger partial charge in [0.15, 0.2) is 0 Å². The predicted molar refractivity (Wildman–Crippen MR) is 98.8 cm³/mol. The number of nitrogens with zero attached hydrogens (tertiary/aromatic N) is 1. The Hall–Kier alpha value is -2.19. The summed E-state index contributed by atoms with van der Waals surface area (Å²) in [5.74, 6) is 0.484. The van der Waals surface area contributed by atoms with E-state index in [1.165, 1.54) is 36.4 Å². The molecule has 0 saturated carbocycles. The van der Waals surface area contributed by atoms with Gasteiger partial charge in [-0.2, -0.15) is 13.2 Å². The van der Waals surface area contributed by atoms with E-state index in [0.717, 1.165) is 10.4 Å². The van der Waals surface area contributed by atoms with E-state index in [-0.39, 0.29) is 17.1 Å². The number of alkyl halides is 3. The first-order valence-corrected chi connectivity index (χ1v) is 9.66. The van der Waals surface area contributed by atoms with Gasteiger partial charge < -0.3 is 4.74 Å². The van der Waals surface area contributed by atoms with Gasteiger partial charge in [0.2, 0.25) is 0 Å². The molecule has 9 heteroatoms. The van der Waals surface area contributed by atoms with E-state index >= 15 is 0 Å². The fraction of sp³-hybridized carbons (Fsp3) is 0.222. The monoisotopic (exact) mass is 419 g/mol. The van der Waals surface area contributed by atoms with Crippen molar-refractivity contribution in [2.75, 3.05) is 17.5 Å². The van der Waals surface area contributed by atoms with E-state index in [9.17, 15) is 21.6 Å². The lowest BCUT2D eigenvalue weighted by Crippen LogP contribution is -2.31. The van der Waals surface area contributed by atoms with Crippen LogP contribution in [0.25, 0.3) is 0 Å². The van der Waals surface area contributed by atoms with Crippen molar-refractivity contribution >= 4 is 27.3 Å². The predicted octanol–water partition coefficient (Wildman–Crippen LogP) is 5.14. The van der Waals surface area contributed by atoms with E-state index in [0.29, 0.717) is 18.4 Å². The van der Waals surface area contributed by atoms with Crippen LogP contribution in [0.4, 0.5) is 18.9 Å². The third-order valence-corrected chi connectivity index (χ3v) is 5.70. The number of halogens is 4. The van der Waals surface area contributed by atoms with Gasteiger partial charge in [-0.15, -0.1) is 6.58 Å². The first-order chi connectivity index (χ1) is 12.6. The minimum absolute atomic E-state index is 0.0867. The van der Waals surface area contributed by atoms with E-state index in [1.807, 2.05) is 0 Å². The zero-order chi connectivity index (χ0) is 20.2. The summed E-state index contributed by atoms with van der Waals surface area (Å²) in [5.41, 5.74) is -1.28. The summed E-state index contributed by atoms with van der Waals surface area (Å²) < 4.78 is 71.4. The zero-order valence-electron chi connectivity index (χ0n) is 14.3. The lowest BCUT2D eigenvalue weighted by Gasteiger charge is -2.24. The molecule has 4 nitrogen and oxygen atoms in total. The molecule has 0 heterocycles. The Balaban J connectivity index is 2.51. The molecule has 0 fully saturated rings. The van der Waals surface area contributed by atoms with E-state index in [1.54, 1.807) is 6.92 Å². The van der Waals surface area contributed by atoms with Crippen LogP contribution in [0.5, 0.6) is 5.75 Å². The summed E-state index contributed by atoms with van der Waals surface area (Å²) in [6, 6.07) is 8.56. The second-order valence-electron chi connectivity index (χ2n) is 5.39. The van der Waals surface area contributed by atoms with Crippen LogP contribution in [0.3, 0.4) is 0 Å². The largest absolute Gasteiger partial charge is 0.494 e. The second-order valence-corrected chi connectivity index (χ2v) is 7.66. The number of anilines is 1. The summed E-state index contributed by atoms with van der Waals surface area (Å²) in [7, 11) is -4.13. The average Bonchev–Trinajstić information content (AvgIpc) is 2.60. The van der Waals surface area contributed by atoms with Crippen molar-refractivity contribution in [2.45, 2.75) is 18.0 Å². The number of benzene rings is 2. The Morgan fingerprint density at radius 1 is 1.19 bits per heavy atom. The minimum Gasteiger partial charge on any atom is -0.494 e. The maximum atomic E-state index is 13.1. The Bertz CT molecular complexity index is 912. The standard InChI is InChI=1S/C18H17ClF3NO3S/c1-3-11-23(13-5-10-17(19)16(12-13)18(20,21)22)27(24,25)15-8-6-14(7-9-15)26-4-2/h3,5-10,12H,1,4,11H2,2H3. The molecule has 0 N–H and O–H groups in total. The van der Waals surface area contributed by atoms with Gasteiger partial charge in [-0.05, 0) is 49.4 Å². The SMILES string of the molecule is C=CCN(c1ccc(Cl)c(C(F)(F)F)c1)S(=O)(=O)c1ccc(OCC)cc1. The minimum atomic E-state index is -4.71. The normalized spacial score (nSPS) is 11.9. The van der Waals surface area contributed by atoms with Crippen molar-refractivity contribution in [3.8, 4) is 5.75 Å². The third kappa shape index (κ3) is 4.75. The second kappa shape index (κ2) is 8.22. The van der Waals surface area contributed by atoms with Crippen LogP contribution in [0.2, 0.25) is 5.02 Å². The van der Waals surface area contributed by atoms with Gasteiger partial charge in [0, 0.05) is 0 Å². The van der Waals surface area contributed by atoms with Crippen LogP contribution in [0.15, 0.2) is 60.0 Å². The summed E-state index contributed by atoms with van der Waals surface area (Å²) in [6.45, 7) is 5.48. The summed E-state index contributed by atoms with van der Waals surface area (Å²) >= 11 is 5.62. The molecule has 146 valence electrons. The van der Waals surface area contributed by atoms with E-state index in [4.69, 9.17) is 16.3 Å². The van der Waals surface area contributed by atoms with Crippen LogP contribution in [0, 0.1) is 0 Å². The van der Waals surface area contributed by atoms with Crippen molar-refractivity contribution in [1.29, 1.82) is 0 Å². The first kappa shape index (κ1) is 21.1. The van der Waals surface area contributed by atoms with Crippen LogP contribution in [-0.2, 0) is 16.2 Å². The molecule has 0 radical (unpaired) electrons. The van der Waals surface area contributed by atoms with Crippen molar-refractivity contribution in [2.24, 2.45) is 0 Å². The molecule has 0 aliphatic rings. The molecule has 0 amide bonds. The number of sulfonamides is 1. The van der Waals surface area contributed by atoms with Crippen molar-refractivity contribution in [1.82, 2.24) is 0 Å². The molecule has 0 unspecified atom stereocenters. The van der Waals surface area contributed by atoms with Gasteiger partial charge in [0.25, 0.3) is 10.0 Å². The van der Waals surface area contributed by atoms with Gasteiger partial charge in [0.05, 0.1) is 34.3 Å². The van der Waals surface area contributed by atoms with E-state index < -0.39 is 26.8 Å². The maximum Gasteiger partial charge on any atom is 0.417 e. The molecule has 0 aliphatic heterocycles. The van der Waals surface area contributed by atoms with Gasteiger partial charge in [-0.25, -0.2) is 8.42 Å². The Morgan fingerprint density at radius 2 is 1.81 bits per heavy atom. The number of rotatable bonds is 7. The first-order valence-electron chi connectivity index (χ1n) is 7.84. The molecule has 0 aromatic heterocycles. The molecule has 0 atom stereocenters. The average molecular weight is 420 g/mol. The van der Waals surface area contributed by atoms with Crippen molar-refractivity contribution in [3.63, 3.8) is 0 Å². The summed E-state index contributed by atoms with van der Waals surface area (Å²) in [6.07, 6.45) is -3.43. The highest BCUT2D eigenvalue weighted by Gasteiger charge is 2.35. The van der Waals surface area contributed by atoms with Gasteiger partial charge >= 0.3 is 6.18 Å². The number of hydrogen-bond acceptors (Lipinski definition) is 3. The molecule has 0 bridgehead atoms. The summed E-state index contributed by atoms with van der Waals surface area (Å²) in [5, 5.41) is -0.511. The molecule has 2 aromatic rings. The fourth-order valence-corrected chi connectivity index (χ4v) is 4.00. The lowest BCUT2D eigenvalue weighted by atomic mass is 10.2. The lowest BCUT2D eigenvalue weighted by molar-refractivity contribution is -0.137. The zero-order valence-corrected chi connectivity index (χ0v) is 15.9. The fourth-order valence-electron chi connectivity index (χ4n) is 2.35. The van der Waals surface area contributed by atoms with Gasteiger partial charge in [-0.3, -0.25) is 4.31 Å². The topological polar surface area (TPSA) is 46.6 Å². The summed E-state index contributed by atoms with van der Waals surface area (Å²) in [4.78, 5) is -0.0867. The number of hydrogen-bond donors (Lipinski definition) is 0. The van der Waals surface area contributed by atoms with Crippen molar-refractivity contribution in [3.05, 3.63) is 65.7 Å². The molecular weight excluding hydrogens is 403 g/mol. The van der Waals surface area contributed by atoms with Crippen molar-refractivity contribution < 1.29 is 26.3 Å².